The van der Waals surface area contributed by atoms with Crippen molar-refractivity contribution in [3.8, 4) is 0 Å². The molecule has 0 aromatic heterocycles. The zero-order valence-corrected chi connectivity index (χ0v) is 15.3. The lowest BCUT2D eigenvalue weighted by Crippen LogP contribution is -2.48. The van der Waals surface area contributed by atoms with E-state index in [2.05, 4.69) is 26.8 Å². The lowest BCUT2D eigenvalue weighted by atomic mass is 10.2. The summed E-state index contributed by atoms with van der Waals surface area (Å²) in [5.74, 6) is -1.55. The van der Waals surface area contributed by atoms with Gasteiger partial charge in [-0.25, -0.2) is 10.3 Å². The van der Waals surface area contributed by atoms with Crippen LogP contribution in [0.1, 0.15) is 16.8 Å². The van der Waals surface area contributed by atoms with Crippen LogP contribution in [-0.4, -0.2) is 28.7 Å². The van der Waals surface area contributed by atoms with Crippen LogP contribution >= 0.6 is 15.9 Å². The van der Waals surface area contributed by atoms with E-state index >= 15 is 0 Å². The summed E-state index contributed by atoms with van der Waals surface area (Å²) in [7, 11) is 0. The van der Waals surface area contributed by atoms with E-state index < -0.39 is 28.7 Å². The number of rotatable bonds is 5. The summed E-state index contributed by atoms with van der Waals surface area (Å²) in [6, 6.07) is 10.9. The summed E-state index contributed by atoms with van der Waals surface area (Å²) in [5, 5.41) is 10.8. The predicted molar refractivity (Wildman–Crippen MR) is 98.7 cm³/mol. The molecule has 2 N–H and O–H groups in total. The fourth-order valence-electron chi connectivity index (χ4n) is 2.59. The standard InChI is InChI=1S/C17H13BrN4O5/c18-11-4-6-12(7-5-11)21-15(23)9-14(17(21)25)19-20-16(24)10-2-1-3-13(8-10)22(26)27/h1-8,14,19H,9H2,(H,20,24). The lowest BCUT2D eigenvalue weighted by molar-refractivity contribution is -0.384. The van der Waals surface area contributed by atoms with Gasteiger partial charge in [-0.2, -0.15) is 0 Å². The summed E-state index contributed by atoms with van der Waals surface area (Å²) in [4.78, 5) is 48.0. The number of nitro groups is 1. The number of nitrogens with zero attached hydrogens (tertiary/aromatic N) is 2. The molecule has 1 fully saturated rings. The second kappa shape index (κ2) is 7.64. The van der Waals surface area contributed by atoms with Crippen LogP contribution in [0.2, 0.25) is 0 Å². The molecule has 1 aliphatic rings. The Morgan fingerprint density at radius 2 is 1.89 bits per heavy atom. The molecule has 1 atom stereocenters. The fourth-order valence-corrected chi connectivity index (χ4v) is 2.86. The molecule has 0 bridgehead atoms. The number of non-ortho nitro benzene ring substituents is 1. The van der Waals surface area contributed by atoms with Gasteiger partial charge in [0.2, 0.25) is 5.91 Å². The van der Waals surface area contributed by atoms with Crippen molar-refractivity contribution in [1.29, 1.82) is 0 Å². The minimum Gasteiger partial charge on any atom is -0.287 e. The second-order valence-electron chi connectivity index (χ2n) is 5.71. The molecule has 1 saturated heterocycles. The predicted octanol–water partition coefficient (Wildman–Crippen LogP) is 1.92. The number of nitrogens with one attached hydrogen (secondary N) is 2. The molecule has 27 heavy (non-hydrogen) atoms. The number of nitro benzene ring substituents is 1. The van der Waals surface area contributed by atoms with E-state index in [1.54, 1.807) is 24.3 Å². The average Bonchev–Trinajstić information content (AvgIpc) is 2.94. The number of benzene rings is 2. The summed E-state index contributed by atoms with van der Waals surface area (Å²) in [6.07, 6.45) is -0.121. The van der Waals surface area contributed by atoms with Crippen LogP contribution in [0.4, 0.5) is 11.4 Å². The molecule has 10 heteroatoms. The van der Waals surface area contributed by atoms with Gasteiger partial charge in [-0.05, 0) is 30.3 Å². The van der Waals surface area contributed by atoms with E-state index in [-0.39, 0.29) is 17.7 Å². The molecule has 1 aliphatic heterocycles. The molecule has 0 radical (unpaired) electrons. The second-order valence-corrected chi connectivity index (χ2v) is 6.62. The van der Waals surface area contributed by atoms with Gasteiger partial charge in [0.25, 0.3) is 17.5 Å². The van der Waals surface area contributed by atoms with Crippen LogP contribution < -0.4 is 15.8 Å². The topological polar surface area (TPSA) is 122 Å². The SMILES string of the molecule is O=C(NNC1CC(=O)N(c2ccc(Br)cc2)C1=O)c1cccc([N+](=O)[O-])c1. The van der Waals surface area contributed by atoms with Crippen molar-refractivity contribution in [2.75, 3.05) is 4.90 Å². The summed E-state index contributed by atoms with van der Waals surface area (Å²) < 4.78 is 0.809. The molecule has 138 valence electrons. The van der Waals surface area contributed by atoms with E-state index in [9.17, 15) is 24.5 Å². The number of anilines is 1. The fraction of sp³-hybridized carbons (Fsp3) is 0.118. The van der Waals surface area contributed by atoms with Crippen LogP contribution in [-0.2, 0) is 9.59 Å². The molecule has 9 nitrogen and oxygen atoms in total. The molecular weight excluding hydrogens is 420 g/mol. The maximum Gasteiger partial charge on any atom is 0.270 e. The van der Waals surface area contributed by atoms with Crippen LogP contribution in [0.5, 0.6) is 0 Å². The van der Waals surface area contributed by atoms with Gasteiger partial charge in [0, 0.05) is 22.2 Å². The van der Waals surface area contributed by atoms with Crippen molar-refractivity contribution in [3.63, 3.8) is 0 Å². The van der Waals surface area contributed by atoms with Gasteiger partial charge < -0.3 is 0 Å². The van der Waals surface area contributed by atoms with Gasteiger partial charge >= 0.3 is 0 Å². The van der Waals surface area contributed by atoms with E-state index in [4.69, 9.17) is 0 Å². The Balaban J connectivity index is 1.66. The number of halogens is 1. The summed E-state index contributed by atoms with van der Waals surface area (Å²) in [5.41, 5.74) is 5.11. The number of imide groups is 1. The molecule has 3 rings (SSSR count). The normalized spacial score (nSPS) is 16.5. The monoisotopic (exact) mass is 432 g/mol. The highest BCUT2D eigenvalue weighted by atomic mass is 79.9. The molecule has 1 unspecified atom stereocenters. The van der Waals surface area contributed by atoms with Crippen LogP contribution in [0.15, 0.2) is 53.0 Å². The van der Waals surface area contributed by atoms with Crippen molar-refractivity contribution in [2.45, 2.75) is 12.5 Å². The Bertz CT molecular complexity index is 931. The van der Waals surface area contributed by atoms with Gasteiger partial charge in [-0.1, -0.05) is 22.0 Å². The maximum atomic E-state index is 12.5. The average molecular weight is 433 g/mol. The van der Waals surface area contributed by atoms with Gasteiger partial charge in [-0.3, -0.25) is 29.9 Å². The molecule has 0 spiro atoms. The molecule has 2 aromatic carbocycles. The molecule has 2 aromatic rings. The molecule has 0 aliphatic carbocycles. The van der Waals surface area contributed by atoms with Crippen LogP contribution in [0, 0.1) is 10.1 Å². The van der Waals surface area contributed by atoms with Gasteiger partial charge in [0.1, 0.15) is 6.04 Å². The minimum absolute atomic E-state index is 0.0539. The molecular formula is C17H13BrN4O5. The Hall–Kier alpha value is -3.11. The molecule has 3 amide bonds. The minimum atomic E-state index is -0.927. The number of hydrogen-bond acceptors (Lipinski definition) is 6. The van der Waals surface area contributed by atoms with Crippen molar-refractivity contribution >= 4 is 45.0 Å². The van der Waals surface area contributed by atoms with E-state index in [0.29, 0.717) is 5.69 Å². The van der Waals surface area contributed by atoms with E-state index in [1.807, 2.05) is 0 Å². The Morgan fingerprint density at radius 3 is 2.56 bits per heavy atom. The van der Waals surface area contributed by atoms with Crippen molar-refractivity contribution in [2.24, 2.45) is 0 Å². The maximum absolute atomic E-state index is 12.5. The zero-order chi connectivity index (χ0) is 19.6. The van der Waals surface area contributed by atoms with Crippen LogP contribution in [0.3, 0.4) is 0 Å². The summed E-state index contributed by atoms with van der Waals surface area (Å²) >= 11 is 3.28. The Labute approximate surface area is 161 Å². The third-order valence-electron chi connectivity index (χ3n) is 3.91. The van der Waals surface area contributed by atoms with Gasteiger partial charge in [0.15, 0.2) is 0 Å². The van der Waals surface area contributed by atoms with Crippen molar-refractivity contribution in [3.05, 3.63) is 68.7 Å². The number of hydrogen-bond donors (Lipinski definition) is 2. The highest BCUT2D eigenvalue weighted by Gasteiger charge is 2.39. The smallest absolute Gasteiger partial charge is 0.270 e. The first-order valence-electron chi connectivity index (χ1n) is 7.79. The van der Waals surface area contributed by atoms with Gasteiger partial charge in [0.05, 0.1) is 17.0 Å². The quantitative estimate of drug-likeness (QED) is 0.422. The first-order valence-corrected chi connectivity index (χ1v) is 8.59. The largest absolute Gasteiger partial charge is 0.287 e. The van der Waals surface area contributed by atoms with E-state index in [0.717, 1.165) is 15.4 Å². The molecule has 0 saturated carbocycles. The highest BCUT2D eigenvalue weighted by molar-refractivity contribution is 9.10. The van der Waals surface area contributed by atoms with Crippen LogP contribution in [0.25, 0.3) is 0 Å². The number of carbonyl (C=O) groups excluding carboxylic acids is 3. The first-order chi connectivity index (χ1) is 12.9. The van der Waals surface area contributed by atoms with Crippen molar-refractivity contribution in [1.82, 2.24) is 10.9 Å². The van der Waals surface area contributed by atoms with E-state index in [1.165, 1.54) is 18.2 Å². The zero-order valence-electron chi connectivity index (χ0n) is 13.7. The lowest BCUT2D eigenvalue weighted by Gasteiger charge is -2.16. The Kier molecular flexibility index (Phi) is 5.28. The third-order valence-corrected chi connectivity index (χ3v) is 4.44. The third kappa shape index (κ3) is 4.01. The van der Waals surface area contributed by atoms with Gasteiger partial charge in [-0.15, -0.1) is 0 Å². The number of hydrazine groups is 1. The first kappa shape index (κ1) is 18.7. The molecule has 1 heterocycles. The number of carbonyl (C=O) groups is 3. The van der Waals surface area contributed by atoms with Crippen molar-refractivity contribution < 1.29 is 19.3 Å². The summed E-state index contributed by atoms with van der Waals surface area (Å²) in [6.45, 7) is 0. The highest BCUT2D eigenvalue weighted by Crippen LogP contribution is 2.24. The number of amides is 3. The Morgan fingerprint density at radius 1 is 1.19 bits per heavy atom.